The lowest BCUT2D eigenvalue weighted by Crippen LogP contribution is -2.10. The van der Waals surface area contributed by atoms with Gasteiger partial charge >= 0.3 is 0 Å². The van der Waals surface area contributed by atoms with Crippen LogP contribution in [0.15, 0.2) is 69.6 Å². The molecule has 0 aliphatic rings. The van der Waals surface area contributed by atoms with E-state index >= 15 is 0 Å². The highest BCUT2D eigenvalue weighted by atomic mass is 79.9. The number of carbonyl (C=O) groups excluding carboxylic acids is 1. The summed E-state index contributed by atoms with van der Waals surface area (Å²) in [6, 6.07) is 17.9. The minimum atomic E-state index is -0.307. The van der Waals surface area contributed by atoms with E-state index in [1.807, 2.05) is 36.4 Å². The average molecular weight is 402 g/mol. The number of methoxy groups -OCH3 is 1. The van der Waals surface area contributed by atoms with E-state index in [1.165, 1.54) is 0 Å². The van der Waals surface area contributed by atoms with Gasteiger partial charge in [0.25, 0.3) is 5.91 Å². The van der Waals surface area contributed by atoms with Crippen LogP contribution in [0, 0.1) is 0 Å². The van der Waals surface area contributed by atoms with Crippen molar-refractivity contribution in [2.45, 2.75) is 6.61 Å². The third kappa shape index (κ3) is 4.64. The fourth-order valence-electron chi connectivity index (χ4n) is 2.13. The van der Waals surface area contributed by atoms with E-state index in [0.29, 0.717) is 17.2 Å². The molecule has 1 amide bonds. The van der Waals surface area contributed by atoms with Gasteiger partial charge in [0.2, 0.25) is 0 Å². The SMILES string of the molecule is COc1ccc(OCc2ccc(C(=O)Nc3ccc(Br)cc3)o2)cc1. The first-order chi connectivity index (χ1) is 12.1. The van der Waals surface area contributed by atoms with Gasteiger partial charge in [0, 0.05) is 10.2 Å². The number of benzene rings is 2. The van der Waals surface area contributed by atoms with Crippen molar-refractivity contribution in [3.63, 3.8) is 0 Å². The van der Waals surface area contributed by atoms with E-state index < -0.39 is 0 Å². The van der Waals surface area contributed by atoms with Crippen LogP contribution in [0.4, 0.5) is 5.69 Å². The van der Waals surface area contributed by atoms with Crippen molar-refractivity contribution in [3.05, 3.63) is 76.7 Å². The van der Waals surface area contributed by atoms with E-state index in [2.05, 4.69) is 21.2 Å². The van der Waals surface area contributed by atoms with Gasteiger partial charge in [-0.2, -0.15) is 0 Å². The number of nitrogens with one attached hydrogen (secondary N) is 1. The molecule has 1 aromatic heterocycles. The minimum absolute atomic E-state index is 0.233. The summed E-state index contributed by atoms with van der Waals surface area (Å²) < 4.78 is 17.2. The Kier molecular flexibility index (Phi) is 5.40. The highest BCUT2D eigenvalue weighted by molar-refractivity contribution is 9.10. The van der Waals surface area contributed by atoms with Crippen molar-refractivity contribution in [1.82, 2.24) is 0 Å². The lowest BCUT2D eigenvalue weighted by Gasteiger charge is -2.05. The second-order valence-electron chi connectivity index (χ2n) is 5.19. The number of furan rings is 1. The third-order valence-corrected chi connectivity index (χ3v) is 3.96. The first-order valence-corrected chi connectivity index (χ1v) is 8.36. The highest BCUT2D eigenvalue weighted by Crippen LogP contribution is 2.19. The largest absolute Gasteiger partial charge is 0.497 e. The number of halogens is 1. The zero-order chi connectivity index (χ0) is 17.6. The highest BCUT2D eigenvalue weighted by Gasteiger charge is 2.12. The summed E-state index contributed by atoms with van der Waals surface area (Å²) in [5, 5.41) is 2.78. The minimum Gasteiger partial charge on any atom is -0.497 e. The fourth-order valence-corrected chi connectivity index (χ4v) is 2.39. The molecule has 0 saturated carbocycles. The standard InChI is InChI=1S/C19H16BrNO4/c1-23-15-6-8-16(9-7-15)24-12-17-10-11-18(25-17)19(22)21-14-4-2-13(20)3-5-14/h2-11H,12H2,1H3,(H,21,22). The van der Waals surface area contributed by atoms with Gasteiger partial charge in [-0.05, 0) is 60.7 Å². The van der Waals surface area contributed by atoms with E-state index in [0.717, 1.165) is 10.2 Å². The number of ether oxygens (including phenoxy) is 2. The Morgan fingerprint density at radius 3 is 2.36 bits per heavy atom. The quantitative estimate of drug-likeness (QED) is 0.639. The Morgan fingerprint density at radius 1 is 1.00 bits per heavy atom. The topological polar surface area (TPSA) is 60.7 Å². The number of amides is 1. The van der Waals surface area contributed by atoms with E-state index in [9.17, 15) is 4.79 Å². The molecule has 3 aromatic rings. The summed E-state index contributed by atoms with van der Waals surface area (Å²) in [4.78, 5) is 12.2. The van der Waals surface area contributed by atoms with Gasteiger partial charge < -0.3 is 19.2 Å². The summed E-state index contributed by atoms with van der Waals surface area (Å²) in [6.07, 6.45) is 0. The van der Waals surface area contributed by atoms with Crippen LogP contribution < -0.4 is 14.8 Å². The van der Waals surface area contributed by atoms with Crippen molar-refractivity contribution in [3.8, 4) is 11.5 Å². The Bertz CT molecular complexity index is 841. The van der Waals surface area contributed by atoms with Crippen LogP contribution in [-0.2, 0) is 6.61 Å². The smallest absolute Gasteiger partial charge is 0.291 e. The van der Waals surface area contributed by atoms with Crippen LogP contribution in [0.3, 0.4) is 0 Å². The summed E-state index contributed by atoms with van der Waals surface area (Å²) >= 11 is 3.35. The molecular weight excluding hydrogens is 386 g/mol. The van der Waals surface area contributed by atoms with Gasteiger partial charge in [0.05, 0.1) is 7.11 Å². The zero-order valence-corrected chi connectivity index (χ0v) is 15.1. The molecule has 1 N–H and O–H groups in total. The molecule has 0 fully saturated rings. The molecule has 0 spiro atoms. The average Bonchev–Trinajstić information content (AvgIpc) is 3.11. The Labute approximate surface area is 153 Å². The van der Waals surface area contributed by atoms with Crippen LogP contribution in [0.1, 0.15) is 16.3 Å². The monoisotopic (exact) mass is 401 g/mol. The van der Waals surface area contributed by atoms with E-state index in [1.54, 1.807) is 31.4 Å². The van der Waals surface area contributed by atoms with Crippen LogP contribution in [0.5, 0.6) is 11.5 Å². The first-order valence-electron chi connectivity index (χ1n) is 7.56. The lowest BCUT2D eigenvalue weighted by atomic mass is 10.3. The van der Waals surface area contributed by atoms with Gasteiger partial charge in [-0.25, -0.2) is 0 Å². The molecule has 0 saturated heterocycles. The number of hydrogen-bond donors (Lipinski definition) is 1. The third-order valence-electron chi connectivity index (χ3n) is 3.43. The molecule has 128 valence electrons. The Morgan fingerprint density at radius 2 is 1.68 bits per heavy atom. The predicted molar refractivity (Wildman–Crippen MR) is 98.1 cm³/mol. The second-order valence-corrected chi connectivity index (χ2v) is 6.11. The number of rotatable bonds is 6. The number of anilines is 1. The van der Waals surface area contributed by atoms with Crippen LogP contribution in [0.25, 0.3) is 0 Å². The summed E-state index contributed by atoms with van der Waals surface area (Å²) in [6.45, 7) is 0.234. The summed E-state index contributed by atoms with van der Waals surface area (Å²) in [7, 11) is 1.61. The molecular formula is C19H16BrNO4. The fraction of sp³-hybridized carbons (Fsp3) is 0.105. The van der Waals surface area contributed by atoms with Crippen molar-refractivity contribution < 1.29 is 18.7 Å². The normalized spacial score (nSPS) is 10.3. The maximum atomic E-state index is 12.2. The molecule has 3 rings (SSSR count). The van der Waals surface area contributed by atoms with E-state index in [-0.39, 0.29) is 18.3 Å². The van der Waals surface area contributed by atoms with E-state index in [4.69, 9.17) is 13.9 Å². The molecule has 1 heterocycles. The molecule has 0 unspecified atom stereocenters. The number of carbonyl (C=O) groups is 1. The molecule has 0 aliphatic carbocycles. The van der Waals surface area contributed by atoms with Crippen molar-refractivity contribution in [2.75, 3.05) is 12.4 Å². The van der Waals surface area contributed by atoms with Crippen molar-refractivity contribution >= 4 is 27.5 Å². The Balaban J connectivity index is 1.57. The zero-order valence-electron chi connectivity index (χ0n) is 13.5. The predicted octanol–water partition coefficient (Wildman–Crippen LogP) is 4.88. The Hall–Kier alpha value is -2.73. The molecule has 6 heteroatoms. The van der Waals surface area contributed by atoms with Crippen LogP contribution in [-0.4, -0.2) is 13.0 Å². The van der Waals surface area contributed by atoms with Crippen molar-refractivity contribution in [1.29, 1.82) is 0 Å². The second kappa shape index (κ2) is 7.90. The summed E-state index contributed by atoms with van der Waals surface area (Å²) in [5.41, 5.74) is 0.695. The molecule has 0 atom stereocenters. The van der Waals surface area contributed by atoms with Crippen LogP contribution >= 0.6 is 15.9 Å². The van der Waals surface area contributed by atoms with Gasteiger partial charge in [-0.15, -0.1) is 0 Å². The first kappa shape index (κ1) is 17.1. The van der Waals surface area contributed by atoms with Gasteiger partial charge in [0.1, 0.15) is 23.9 Å². The van der Waals surface area contributed by atoms with Gasteiger partial charge in [0.15, 0.2) is 5.76 Å². The molecule has 0 radical (unpaired) electrons. The maximum absolute atomic E-state index is 12.2. The molecule has 25 heavy (non-hydrogen) atoms. The molecule has 0 bridgehead atoms. The van der Waals surface area contributed by atoms with Gasteiger partial charge in [-0.3, -0.25) is 4.79 Å². The van der Waals surface area contributed by atoms with Gasteiger partial charge in [-0.1, -0.05) is 15.9 Å². The lowest BCUT2D eigenvalue weighted by molar-refractivity contribution is 0.0992. The molecule has 0 aliphatic heterocycles. The van der Waals surface area contributed by atoms with Crippen LogP contribution in [0.2, 0.25) is 0 Å². The molecule has 5 nitrogen and oxygen atoms in total. The molecule has 2 aromatic carbocycles. The van der Waals surface area contributed by atoms with Crippen molar-refractivity contribution in [2.24, 2.45) is 0 Å². The number of hydrogen-bond acceptors (Lipinski definition) is 4. The summed E-state index contributed by atoms with van der Waals surface area (Å²) in [5.74, 6) is 1.95. The maximum Gasteiger partial charge on any atom is 0.291 e.